The topological polar surface area (TPSA) is 84.0 Å². The highest BCUT2D eigenvalue weighted by molar-refractivity contribution is 6.01. The van der Waals surface area contributed by atoms with Gasteiger partial charge in [0.15, 0.2) is 5.82 Å². The lowest BCUT2D eigenvalue weighted by molar-refractivity contribution is -0.118. The van der Waals surface area contributed by atoms with E-state index in [4.69, 9.17) is 0 Å². The van der Waals surface area contributed by atoms with Gasteiger partial charge in [0.05, 0.1) is 18.1 Å². The lowest BCUT2D eigenvalue weighted by atomic mass is 10.0. The highest BCUT2D eigenvalue weighted by Crippen LogP contribution is 2.15. The second kappa shape index (κ2) is 9.10. The molecule has 0 saturated carbocycles. The summed E-state index contributed by atoms with van der Waals surface area (Å²) in [6, 6.07) is 16.1. The average Bonchev–Trinajstić information content (AvgIpc) is 2.73. The molecule has 148 valence electrons. The van der Waals surface area contributed by atoms with E-state index in [9.17, 15) is 9.59 Å². The molecule has 6 heteroatoms. The van der Waals surface area contributed by atoms with E-state index < -0.39 is 6.04 Å². The third-order valence-electron chi connectivity index (χ3n) is 4.50. The van der Waals surface area contributed by atoms with Crippen molar-refractivity contribution in [2.24, 2.45) is 5.92 Å². The van der Waals surface area contributed by atoms with Crippen LogP contribution in [0.1, 0.15) is 29.8 Å². The molecule has 2 N–H and O–H groups in total. The van der Waals surface area contributed by atoms with Gasteiger partial charge in [0.1, 0.15) is 6.04 Å². The van der Waals surface area contributed by atoms with E-state index in [1.165, 1.54) is 0 Å². The molecule has 29 heavy (non-hydrogen) atoms. The molecular weight excluding hydrogens is 364 g/mol. The summed E-state index contributed by atoms with van der Waals surface area (Å²) in [6.07, 6.45) is 3.12. The molecule has 1 unspecified atom stereocenters. The van der Waals surface area contributed by atoms with Gasteiger partial charge in [-0.3, -0.25) is 9.59 Å². The van der Waals surface area contributed by atoms with Gasteiger partial charge in [0.25, 0.3) is 5.91 Å². The molecule has 0 aliphatic heterocycles. The van der Waals surface area contributed by atoms with Crippen molar-refractivity contribution in [2.75, 3.05) is 5.32 Å². The molecule has 1 atom stereocenters. The van der Waals surface area contributed by atoms with Gasteiger partial charge in [-0.1, -0.05) is 61.9 Å². The molecule has 6 nitrogen and oxygen atoms in total. The fourth-order valence-electron chi connectivity index (χ4n) is 2.81. The van der Waals surface area contributed by atoms with Crippen LogP contribution in [0.4, 0.5) is 5.69 Å². The van der Waals surface area contributed by atoms with Gasteiger partial charge in [-0.05, 0) is 25.0 Å². The zero-order valence-corrected chi connectivity index (χ0v) is 16.7. The molecule has 3 rings (SSSR count). The lowest BCUT2D eigenvalue weighted by Gasteiger charge is -2.21. The summed E-state index contributed by atoms with van der Waals surface area (Å²) in [5.74, 6) is -0.100. The first-order chi connectivity index (χ1) is 13.9. The Bertz CT molecular complexity index is 968. The Hall–Kier alpha value is -3.54. The van der Waals surface area contributed by atoms with Gasteiger partial charge >= 0.3 is 0 Å². The molecule has 2 aromatic carbocycles. The number of benzene rings is 2. The van der Waals surface area contributed by atoms with Crippen LogP contribution in [0.25, 0.3) is 11.4 Å². The number of aromatic nitrogens is 2. The number of nitrogens with one attached hydrogen (secondary N) is 2. The van der Waals surface area contributed by atoms with E-state index in [-0.39, 0.29) is 17.7 Å². The number of hydrogen-bond acceptors (Lipinski definition) is 4. The zero-order valence-electron chi connectivity index (χ0n) is 16.7. The maximum atomic E-state index is 12.7. The summed E-state index contributed by atoms with van der Waals surface area (Å²) in [5, 5.41) is 5.61. The van der Waals surface area contributed by atoms with Crippen LogP contribution in [0.15, 0.2) is 67.0 Å². The largest absolute Gasteiger partial charge is 0.340 e. The first-order valence-corrected chi connectivity index (χ1v) is 9.50. The van der Waals surface area contributed by atoms with E-state index in [2.05, 4.69) is 20.6 Å². The van der Waals surface area contributed by atoms with Gasteiger partial charge in [0, 0.05) is 11.1 Å². The summed E-state index contributed by atoms with van der Waals surface area (Å²) in [7, 11) is 0. The summed E-state index contributed by atoms with van der Waals surface area (Å²) in [4.78, 5) is 33.9. The van der Waals surface area contributed by atoms with E-state index in [0.717, 1.165) is 11.1 Å². The molecule has 0 aliphatic rings. The Morgan fingerprint density at radius 3 is 2.10 bits per heavy atom. The van der Waals surface area contributed by atoms with Crippen molar-refractivity contribution in [1.29, 1.82) is 0 Å². The van der Waals surface area contributed by atoms with Crippen LogP contribution >= 0.6 is 0 Å². The van der Waals surface area contributed by atoms with Crippen LogP contribution in [0, 0.1) is 12.8 Å². The second-order valence-electron chi connectivity index (χ2n) is 7.21. The maximum absolute atomic E-state index is 12.7. The van der Waals surface area contributed by atoms with Crippen LogP contribution in [0.3, 0.4) is 0 Å². The van der Waals surface area contributed by atoms with Crippen molar-refractivity contribution in [3.63, 3.8) is 0 Å². The number of hydrogen-bond donors (Lipinski definition) is 2. The zero-order chi connectivity index (χ0) is 20.8. The Balaban J connectivity index is 1.68. The number of carbonyl (C=O) groups excluding carboxylic acids is 2. The predicted octanol–water partition coefficient (Wildman–Crippen LogP) is 3.85. The Morgan fingerprint density at radius 1 is 0.897 bits per heavy atom. The lowest BCUT2D eigenvalue weighted by Crippen LogP contribution is -2.47. The molecule has 0 aliphatic carbocycles. The summed E-state index contributed by atoms with van der Waals surface area (Å²) in [5.41, 5.74) is 2.96. The van der Waals surface area contributed by atoms with Crippen molar-refractivity contribution in [1.82, 2.24) is 15.3 Å². The first-order valence-electron chi connectivity index (χ1n) is 9.50. The number of aryl methyl sites for hydroxylation is 1. The Morgan fingerprint density at radius 2 is 1.52 bits per heavy atom. The monoisotopic (exact) mass is 388 g/mol. The smallest absolute Gasteiger partial charge is 0.251 e. The van der Waals surface area contributed by atoms with Crippen LogP contribution in [-0.2, 0) is 4.79 Å². The fraction of sp³-hybridized carbons (Fsp3) is 0.217. The summed E-state index contributed by atoms with van der Waals surface area (Å²) >= 11 is 0. The minimum atomic E-state index is -0.683. The molecule has 0 radical (unpaired) electrons. The van der Waals surface area contributed by atoms with Crippen molar-refractivity contribution in [2.45, 2.75) is 26.8 Å². The van der Waals surface area contributed by atoms with E-state index in [1.807, 2.05) is 63.2 Å². The molecule has 0 saturated heterocycles. The average molecular weight is 388 g/mol. The third-order valence-corrected chi connectivity index (χ3v) is 4.50. The van der Waals surface area contributed by atoms with Crippen molar-refractivity contribution >= 4 is 17.5 Å². The van der Waals surface area contributed by atoms with Gasteiger partial charge in [-0.2, -0.15) is 0 Å². The summed E-state index contributed by atoms with van der Waals surface area (Å²) < 4.78 is 0. The van der Waals surface area contributed by atoms with E-state index in [0.29, 0.717) is 17.1 Å². The second-order valence-corrected chi connectivity index (χ2v) is 7.21. The van der Waals surface area contributed by atoms with Crippen molar-refractivity contribution in [3.05, 3.63) is 78.1 Å². The van der Waals surface area contributed by atoms with E-state index >= 15 is 0 Å². The predicted molar refractivity (Wildman–Crippen MR) is 113 cm³/mol. The fourth-order valence-corrected chi connectivity index (χ4v) is 2.81. The van der Waals surface area contributed by atoms with Gasteiger partial charge in [-0.15, -0.1) is 0 Å². The number of nitrogens with zero attached hydrogens (tertiary/aromatic N) is 2. The maximum Gasteiger partial charge on any atom is 0.251 e. The van der Waals surface area contributed by atoms with Crippen LogP contribution in [-0.4, -0.2) is 27.8 Å². The van der Waals surface area contributed by atoms with Gasteiger partial charge in [-0.25, -0.2) is 9.97 Å². The Labute approximate surface area is 170 Å². The Kier molecular flexibility index (Phi) is 6.34. The molecular formula is C23H24N4O2. The molecule has 2 amide bonds. The standard InChI is InChI=1S/C23H24N4O2/c1-15(2)20(27-22(28)18-11-9-16(3)10-12-18)23(29)26-19-13-24-21(25-14-19)17-7-5-4-6-8-17/h4-15,20H,1-3H3,(H,26,29)(H,27,28). The molecule has 0 bridgehead atoms. The first kappa shape index (κ1) is 20.2. The minimum absolute atomic E-state index is 0.0890. The molecule has 1 heterocycles. The third kappa shape index (κ3) is 5.25. The highest BCUT2D eigenvalue weighted by atomic mass is 16.2. The summed E-state index contributed by atoms with van der Waals surface area (Å²) in [6.45, 7) is 5.72. The van der Waals surface area contributed by atoms with Gasteiger partial charge in [0.2, 0.25) is 5.91 Å². The van der Waals surface area contributed by atoms with Crippen molar-refractivity contribution in [3.8, 4) is 11.4 Å². The quantitative estimate of drug-likeness (QED) is 0.672. The molecule has 0 fully saturated rings. The highest BCUT2D eigenvalue weighted by Gasteiger charge is 2.25. The van der Waals surface area contributed by atoms with Crippen LogP contribution in [0.2, 0.25) is 0 Å². The number of carbonyl (C=O) groups is 2. The number of rotatable bonds is 6. The van der Waals surface area contributed by atoms with Gasteiger partial charge < -0.3 is 10.6 Å². The number of amides is 2. The van der Waals surface area contributed by atoms with Crippen LogP contribution in [0.5, 0.6) is 0 Å². The normalized spacial score (nSPS) is 11.7. The minimum Gasteiger partial charge on any atom is -0.340 e. The molecule has 0 spiro atoms. The number of anilines is 1. The SMILES string of the molecule is Cc1ccc(C(=O)NC(C(=O)Nc2cnc(-c3ccccc3)nc2)C(C)C)cc1. The van der Waals surface area contributed by atoms with Crippen LogP contribution < -0.4 is 10.6 Å². The van der Waals surface area contributed by atoms with E-state index in [1.54, 1.807) is 24.5 Å². The molecule has 1 aromatic heterocycles. The molecule has 3 aromatic rings. The van der Waals surface area contributed by atoms with Crippen molar-refractivity contribution < 1.29 is 9.59 Å².